The number of piperidine rings is 1. The van der Waals surface area contributed by atoms with Crippen molar-refractivity contribution in [2.24, 2.45) is 5.92 Å². The number of benzene rings is 1. The van der Waals surface area contributed by atoms with Gasteiger partial charge in [0.1, 0.15) is 12.0 Å². The minimum atomic E-state index is 0.0323. The molecule has 0 radical (unpaired) electrons. The molecule has 1 atom stereocenters. The first-order chi connectivity index (χ1) is 12.7. The summed E-state index contributed by atoms with van der Waals surface area (Å²) < 4.78 is 10.5. The van der Waals surface area contributed by atoms with Crippen molar-refractivity contribution in [3.63, 3.8) is 0 Å². The maximum Gasteiger partial charge on any atom is 0.256 e. The van der Waals surface area contributed by atoms with Crippen molar-refractivity contribution < 1.29 is 13.9 Å². The minimum Gasteiger partial charge on any atom is -0.496 e. The highest BCUT2D eigenvalue weighted by atomic mass is 16.5. The van der Waals surface area contributed by atoms with Gasteiger partial charge in [-0.05, 0) is 49.4 Å². The second-order valence-electron chi connectivity index (χ2n) is 7.07. The third kappa shape index (κ3) is 4.67. The van der Waals surface area contributed by atoms with Gasteiger partial charge in [-0.25, -0.2) is 0 Å². The first kappa shape index (κ1) is 18.5. The van der Waals surface area contributed by atoms with Crippen LogP contribution in [0.3, 0.4) is 0 Å². The van der Waals surface area contributed by atoms with E-state index < -0.39 is 0 Å². The van der Waals surface area contributed by atoms with Crippen LogP contribution in [-0.2, 0) is 6.42 Å². The summed E-state index contributed by atoms with van der Waals surface area (Å²) in [5, 5.41) is 0. The molecule has 140 valence electrons. The van der Waals surface area contributed by atoms with Crippen molar-refractivity contribution in [1.82, 2.24) is 9.80 Å². The molecule has 2 aromatic rings. The summed E-state index contributed by atoms with van der Waals surface area (Å²) in [6.45, 7) is 3.98. The highest BCUT2D eigenvalue weighted by molar-refractivity contribution is 5.93. The van der Waals surface area contributed by atoms with Crippen LogP contribution >= 0.6 is 0 Å². The Labute approximate surface area is 155 Å². The Balaban J connectivity index is 1.50. The molecule has 1 saturated heterocycles. The Morgan fingerprint density at radius 3 is 2.96 bits per heavy atom. The van der Waals surface area contributed by atoms with Gasteiger partial charge in [0.15, 0.2) is 0 Å². The fraction of sp³-hybridized carbons (Fsp3) is 0.476. The van der Waals surface area contributed by atoms with E-state index in [2.05, 4.69) is 17.0 Å². The van der Waals surface area contributed by atoms with Gasteiger partial charge in [-0.1, -0.05) is 18.2 Å². The maximum absolute atomic E-state index is 12.4. The number of carbonyl (C=O) groups excluding carboxylic acids is 1. The van der Waals surface area contributed by atoms with Crippen molar-refractivity contribution in [1.29, 1.82) is 0 Å². The lowest BCUT2D eigenvalue weighted by Gasteiger charge is -2.34. The first-order valence-electron chi connectivity index (χ1n) is 9.29. The molecule has 1 aromatic heterocycles. The Morgan fingerprint density at radius 1 is 1.35 bits per heavy atom. The molecule has 0 aliphatic carbocycles. The molecule has 1 aliphatic heterocycles. The van der Waals surface area contributed by atoms with Gasteiger partial charge >= 0.3 is 0 Å². The molecule has 0 unspecified atom stereocenters. The lowest BCUT2D eigenvalue weighted by molar-refractivity contribution is 0.0729. The van der Waals surface area contributed by atoms with Gasteiger partial charge in [-0.2, -0.15) is 0 Å². The van der Waals surface area contributed by atoms with Gasteiger partial charge in [0, 0.05) is 26.7 Å². The molecule has 5 nitrogen and oxygen atoms in total. The largest absolute Gasteiger partial charge is 0.496 e. The van der Waals surface area contributed by atoms with Crippen molar-refractivity contribution in [3.8, 4) is 5.75 Å². The number of ether oxygens (including phenoxy) is 1. The van der Waals surface area contributed by atoms with E-state index in [0.29, 0.717) is 11.5 Å². The number of hydrogen-bond acceptors (Lipinski definition) is 4. The second-order valence-corrected chi connectivity index (χ2v) is 7.07. The third-order valence-corrected chi connectivity index (χ3v) is 5.14. The summed E-state index contributed by atoms with van der Waals surface area (Å²) in [5.74, 6) is 1.51. The summed E-state index contributed by atoms with van der Waals surface area (Å²) in [7, 11) is 3.60. The van der Waals surface area contributed by atoms with E-state index in [9.17, 15) is 4.79 Å². The van der Waals surface area contributed by atoms with Crippen LogP contribution in [0.25, 0.3) is 0 Å². The lowest BCUT2D eigenvalue weighted by Crippen LogP contribution is -2.42. The standard InChI is InChI=1S/C21H28N2O3/c1-22(21(24)19-10-13-26-16-19)14-17-6-5-11-23(15-17)12-9-18-7-3-4-8-20(18)25-2/h3-4,7-8,10,13,16-17H,5-6,9,11-12,14-15H2,1-2H3/t17-/m1/s1. The molecule has 3 rings (SSSR count). The zero-order chi connectivity index (χ0) is 18.4. The van der Waals surface area contributed by atoms with Crippen LogP contribution in [0, 0.1) is 5.92 Å². The van der Waals surface area contributed by atoms with Crippen LogP contribution < -0.4 is 4.74 Å². The SMILES string of the molecule is COc1ccccc1CCN1CCC[C@H](CN(C)C(=O)c2ccoc2)C1. The topological polar surface area (TPSA) is 45.9 Å². The maximum atomic E-state index is 12.4. The number of nitrogens with zero attached hydrogens (tertiary/aromatic N) is 2. The number of para-hydroxylation sites is 1. The molecule has 0 spiro atoms. The number of methoxy groups -OCH3 is 1. The molecule has 26 heavy (non-hydrogen) atoms. The highest BCUT2D eigenvalue weighted by Crippen LogP contribution is 2.21. The summed E-state index contributed by atoms with van der Waals surface area (Å²) >= 11 is 0. The molecule has 1 amide bonds. The van der Waals surface area contributed by atoms with Crippen LogP contribution in [0.15, 0.2) is 47.3 Å². The number of hydrogen-bond donors (Lipinski definition) is 0. The van der Waals surface area contributed by atoms with E-state index in [-0.39, 0.29) is 5.91 Å². The smallest absolute Gasteiger partial charge is 0.256 e. The number of likely N-dealkylation sites (tertiary alicyclic amines) is 1. The molecule has 5 heteroatoms. The Kier molecular flexibility index (Phi) is 6.34. The molecule has 0 saturated carbocycles. The van der Waals surface area contributed by atoms with Gasteiger partial charge in [-0.3, -0.25) is 4.79 Å². The van der Waals surface area contributed by atoms with E-state index in [4.69, 9.17) is 9.15 Å². The van der Waals surface area contributed by atoms with E-state index >= 15 is 0 Å². The molecule has 2 heterocycles. The monoisotopic (exact) mass is 356 g/mol. The fourth-order valence-electron chi connectivity index (χ4n) is 3.77. The molecule has 1 fully saturated rings. The quantitative estimate of drug-likeness (QED) is 0.763. The summed E-state index contributed by atoms with van der Waals surface area (Å²) in [6.07, 6.45) is 6.40. The normalized spacial score (nSPS) is 17.8. The summed E-state index contributed by atoms with van der Waals surface area (Å²) in [4.78, 5) is 16.7. The number of amides is 1. The highest BCUT2D eigenvalue weighted by Gasteiger charge is 2.23. The van der Waals surface area contributed by atoms with Crippen molar-refractivity contribution in [2.75, 3.05) is 40.3 Å². The average molecular weight is 356 g/mol. The van der Waals surface area contributed by atoms with Crippen LogP contribution in [0.5, 0.6) is 5.75 Å². The summed E-state index contributed by atoms with van der Waals surface area (Å²) in [6, 6.07) is 9.95. The number of rotatable bonds is 7. The Hall–Kier alpha value is -2.27. The Bertz CT molecular complexity index is 699. The zero-order valence-corrected chi connectivity index (χ0v) is 15.7. The molecule has 0 N–H and O–H groups in total. The van der Waals surface area contributed by atoms with Crippen molar-refractivity contribution in [3.05, 3.63) is 54.0 Å². The van der Waals surface area contributed by atoms with E-state index in [1.165, 1.54) is 24.7 Å². The van der Waals surface area contributed by atoms with Crippen molar-refractivity contribution in [2.45, 2.75) is 19.3 Å². The van der Waals surface area contributed by atoms with Crippen LogP contribution in [0.1, 0.15) is 28.8 Å². The van der Waals surface area contributed by atoms with Crippen LogP contribution in [0.2, 0.25) is 0 Å². The van der Waals surface area contributed by atoms with Crippen LogP contribution in [0.4, 0.5) is 0 Å². The van der Waals surface area contributed by atoms with Gasteiger partial charge in [0.05, 0.1) is 18.9 Å². The predicted octanol–water partition coefficient (Wildman–Crippen LogP) is 3.31. The Morgan fingerprint density at radius 2 is 2.19 bits per heavy atom. The van der Waals surface area contributed by atoms with Gasteiger partial charge < -0.3 is 19.0 Å². The molecule has 1 aromatic carbocycles. The summed E-state index contributed by atoms with van der Waals surface area (Å²) in [5.41, 5.74) is 1.88. The van der Waals surface area contributed by atoms with Crippen LogP contribution in [-0.4, -0.2) is 56.0 Å². The molecular formula is C21H28N2O3. The number of furan rings is 1. The molecular weight excluding hydrogens is 328 g/mol. The van der Waals surface area contributed by atoms with E-state index in [0.717, 1.165) is 38.3 Å². The van der Waals surface area contributed by atoms with Gasteiger partial charge in [0.2, 0.25) is 0 Å². The first-order valence-corrected chi connectivity index (χ1v) is 9.29. The fourth-order valence-corrected chi connectivity index (χ4v) is 3.77. The van der Waals surface area contributed by atoms with Gasteiger partial charge in [-0.15, -0.1) is 0 Å². The average Bonchev–Trinajstić information content (AvgIpc) is 3.21. The third-order valence-electron chi connectivity index (χ3n) is 5.14. The van der Waals surface area contributed by atoms with E-state index in [1.807, 2.05) is 24.1 Å². The zero-order valence-electron chi connectivity index (χ0n) is 15.7. The lowest BCUT2D eigenvalue weighted by atomic mass is 9.97. The number of carbonyl (C=O) groups is 1. The van der Waals surface area contributed by atoms with Gasteiger partial charge in [0.25, 0.3) is 5.91 Å². The van der Waals surface area contributed by atoms with Crippen molar-refractivity contribution >= 4 is 5.91 Å². The second kappa shape index (κ2) is 8.90. The molecule has 1 aliphatic rings. The van der Waals surface area contributed by atoms with E-state index in [1.54, 1.807) is 19.4 Å². The molecule has 0 bridgehead atoms. The predicted molar refractivity (Wildman–Crippen MR) is 102 cm³/mol. The minimum absolute atomic E-state index is 0.0323.